The van der Waals surface area contributed by atoms with Crippen LogP contribution in [0.5, 0.6) is 0 Å². The van der Waals surface area contributed by atoms with Gasteiger partial charge in [-0.1, -0.05) is 0 Å². The van der Waals surface area contributed by atoms with Gasteiger partial charge in [0, 0.05) is 0 Å². The predicted octanol–water partition coefficient (Wildman–Crippen LogP) is -2.21. The molecule has 14 heteroatoms. The Morgan fingerprint density at radius 1 is 0.875 bits per heavy atom. The molecule has 16 heavy (non-hydrogen) atoms. The summed E-state index contributed by atoms with van der Waals surface area (Å²) in [6.07, 6.45) is 0. The Labute approximate surface area is 83.7 Å². The Bertz CT molecular complexity index is 502. The molecule has 2 aromatic rings. The Kier molecular flexibility index (Phi) is 1.93. The Balaban J connectivity index is 2.35. The largest absolute Gasteiger partial charge is 0.516 e. The second kappa shape index (κ2) is 3.26. The van der Waals surface area contributed by atoms with Gasteiger partial charge in [0.15, 0.2) is 0 Å². The SMILES string of the molecule is O=[N+]([O-])c1nnn(-n2nnc([N+](=O)[O-])n2)n1. The maximum Gasteiger partial charge on any atom is 0.516 e. The van der Waals surface area contributed by atoms with E-state index in [1.807, 2.05) is 0 Å². The van der Waals surface area contributed by atoms with Crippen molar-refractivity contribution in [2.75, 3.05) is 0 Å². The summed E-state index contributed by atoms with van der Waals surface area (Å²) in [4.78, 5) is 19.6. The highest BCUT2D eigenvalue weighted by atomic mass is 16.6. The van der Waals surface area contributed by atoms with Crippen molar-refractivity contribution in [1.29, 1.82) is 0 Å². The van der Waals surface area contributed by atoms with Gasteiger partial charge in [0.2, 0.25) is 0 Å². The van der Waals surface area contributed by atoms with Gasteiger partial charge in [-0.05, 0) is 9.85 Å². The molecule has 0 aliphatic heterocycles. The third-order valence-electron chi connectivity index (χ3n) is 1.27. The minimum absolute atomic E-state index is 0.484. The molecule has 0 saturated carbocycles. The molecule has 0 bridgehead atoms. The van der Waals surface area contributed by atoms with Gasteiger partial charge in [-0.25, -0.2) is 0 Å². The monoisotopic (exact) mass is 228 g/mol. The standard InChI is InChI=1S/C2N10O4/c13-9(14)1-3-7-11(5-1)12-6-2(4-8-12)10(15)16. The molecule has 14 nitrogen and oxygen atoms in total. The van der Waals surface area contributed by atoms with E-state index in [9.17, 15) is 20.2 Å². The summed E-state index contributed by atoms with van der Waals surface area (Å²) in [7, 11) is 0. The molecule has 0 aliphatic carbocycles. The van der Waals surface area contributed by atoms with Gasteiger partial charge >= 0.3 is 11.9 Å². The average Bonchev–Trinajstić information content (AvgIpc) is 2.86. The van der Waals surface area contributed by atoms with Gasteiger partial charge in [0.05, 0.1) is 40.6 Å². The topological polar surface area (TPSA) is 173 Å². The van der Waals surface area contributed by atoms with Crippen LogP contribution >= 0.6 is 0 Å². The van der Waals surface area contributed by atoms with E-state index in [0.717, 1.165) is 0 Å². The normalized spacial score (nSPS) is 10.2. The summed E-state index contributed by atoms with van der Waals surface area (Å²) in [5.74, 6) is -1.58. The molecule has 0 spiro atoms. The average molecular weight is 228 g/mol. The third kappa shape index (κ3) is 1.49. The van der Waals surface area contributed by atoms with Crippen molar-refractivity contribution in [1.82, 2.24) is 40.6 Å². The van der Waals surface area contributed by atoms with E-state index in [1.54, 1.807) is 0 Å². The molecule has 0 atom stereocenters. The summed E-state index contributed by atoms with van der Waals surface area (Å²) >= 11 is 0. The molecule has 0 amide bonds. The van der Waals surface area contributed by atoms with Crippen LogP contribution in [-0.4, -0.2) is 50.5 Å². The van der Waals surface area contributed by atoms with E-state index in [1.165, 1.54) is 0 Å². The van der Waals surface area contributed by atoms with E-state index >= 15 is 0 Å². The Hall–Kier alpha value is -3.06. The van der Waals surface area contributed by atoms with Crippen LogP contribution in [0.25, 0.3) is 0 Å². The second-order valence-electron chi connectivity index (χ2n) is 2.23. The number of nitro groups is 2. The van der Waals surface area contributed by atoms with Crippen LogP contribution < -0.4 is 0 Å². The first-order chi connectivity index (χ1) is 7.58. The first kappa shape index (κ1) is 9.49. The number of hydrogen-bond donors (Lipinski definition) is 0. The van der Waals surface area contributed by atoms with Gasteiger partial charge in [-0.2, -0.15) is 0 Å². The van der Waals surface area contributed by atoms with Crippen LogP contribution in [-0.2, 0) is 0 Å². The predicted molar refractivity (Wildman–Crippen MR) is 39.7 cm³/mol. The molecule has 0 radical (unpaired) electrons. The number of tetrazole rings is 2. The summed E-state index contributed by atoms with van der Waals surface area (Å²) in [6.45, 7) is 0. The van der Waals surface area contributed by atoms with Crippen molar-refractivity contribution < 1.29 is 9.85 Å². The lowest BCUT2D eigenvalue weighted by molar-refractivity contribution is -0.395. The molecular formula is C2N10O4. The van der Waals surface area contributed by atoms with Crippen molar-refractivity contribution in [3.05, 3.63) is 20.2 Å². The first-order valence-electron chi connectivity index (χ1n) is 3.47. The first-order valence-corrected chi connectivity index (χ1v) is 3.47. The highest BCUT2D eigenvalue weighted by Crippen LogP contribution is 1.99. The van der Waals surface area contributed by atoms with Crippen LogP contribution in [0.3, 0.4) is 0 Å². The second-order valence-corrected chi connectivity index (χ2v) is 2.23. The van der Waals surface area contributed by atoms with Crippen molar-refractivity contribution in [3.63, 3.8) is 0 Å². The number of hydrogen-bond acceptors (Lipinski definition) is 10. The zero-order valence-electron chi connectivity index (χ0n) is 7.11. The number of nitrogens with zero attached hydrogens (tertiary/aromatic N) is 10. The van der Waals surface area contributed by atoms with Gasteiger partial charge in [-0.15, -0.1) is 0 Å². The lowest BCUT2D eigenvalue weighted by atomic mass is 11.1. The van der Waals surface area contributed by atoms with Gasteiger partial charge < -0.3 is 20.2 Å². The maximum absolute atomic E-state index is 10.2. The molecule has 2 heterocycles. The quantitative estimate of drug-likeness (QED) is 0.413. The molecule has 0 saturated heterocycles. The van der Waals surface area contributed by atoms with Crippen LogP contribution in [0.2, 0.25) is 0 Å². The Morgan fingerprint density at radius 3 is 1.50 bits per heavy atom. The molecule has 2 aromatic heterocycles. The fourth-order valence-electron chi connectivity index (χ4n) is 0.698. The van der Waals surface area contributed by atoms with Crippen molar-refractivity contribution in [2.24, 2.45) is 0 Å². The highest BCUT2D eigenvalue weighted by molar-refractivity contribution is 4.94. The molecule has 2 rings (SSSR count). The minimum Gasteiger partial charge on any atom is -0.390 e. The van der Waals surface area contributed by atoms with Crippen LogP contribution in [0.1, 0.15) is 0 Å². The van der Waals surface area contributed by atoms with Gasteiger partial charge in [0.25, 0.3) is 0 Å². The molecule has 0 aliphatic rings. The number of rotatable bonds is 3. The van der Waals surface area contributed by atoms with E-state index in [-0.39, 0.29) is 0 Å². The van der Waals surface area contributed by atoms with Crippen LogP contribution in [0, 0.1) is 20.2 Å². The smallest absolute Gasteiger partial charge is 0.390 e. The van der Waals surface area contributed by atoms with E-state index in [4.69, 9.17) is 0 Å². The van der Waals surface area contributed by atoms with Crippen LogP contribution in [0.4, 0.5) is 11.9 Å². The van der Waals surface area contributed by atoms with E-state index in [0.29, 0.717) is 9.81 Å². The Morgan fingerprint density at radius 2 is 1.25 bits per heavy atom. The maximum atomic E-state index is 10.2. The molecule has 0 unspecified atom stereocenters. The van der Waals surface area contributed by atoms with Crippen molar-refractivity contribution in [3.8, 4) is 0 Å². The van der Waals surface area contributed by atoms with E-state index < -0.39 is 21.7 Å². The third-order valence-corrected chi connectivity index (χ3v) is 1.27. The minimum atomic E-state index is -0.894. The summed E-state index contributed by atoms with van der Waals surface area (Å²) in [5, 5.41) is 39.3. The van der Waals surface area contributed by atoms with Crippen LogP contribution in [0.15, 0.2) is 0 Å². The van der Waals surface area contributed by atoms with Gasteiger partial charge in [-0.3, -0.25) is 0 Å². The molecule has 0 fully saturated rings. The van der Waals surface area contributed by atoms with Gasteiger partial charge in [0.1, 0.15) is 0 Å². The summed E-state index contributed by atoms with van der Waals surface area (Å²) < 4.78 is 0. The number of aromatic nitrogens is 8. The molecular weight excluding hydrogens is 228 g/mol. The zero-order valence-corrected chi connectivity index (χ0v) is 7.11. The molecule has 0 N–H and O–H groups in total. The fraction of sp³-hybridized carbons (Fsp3) is 0. The molecule has 82 valence electrons. The zero-order chi connectivity index (χ0) is 11.7. The van der Waals surface area contributed by atoms with Crippen molar-refractivity contribution in [2.45, 2.75) is 0 Å². The highest BCUT2D eigenvalue weighted by Gasteiger charge is 2.23. The van der Waals surface area contributed by atoms with Crippen molar-refractivity contribution >= 4 is 11.9 Å². The fourth-order valence-corrected chi connectivity index (χ4v) is 0.698. The molecule has 0 aromatic carbocycles. The lowest BCUT2D eigenvalue weighted by Gasteiger charge is -1.83. The summed E-state index contributed by atoms with van der Waals surface area (Å²) in [5.41, 5.74) is 0. The van der Waals surface area contributed by atoms with E-state index in [2.05, 4.69) is 30.8 Å². The lowest BCUT2D eigenvalue weighted by Crippen LogP contribution is -2.16. The summed E-state index contributed by atoms with van der Waals surface area (Å²) in [6, 6.07) is 0.